The predicted octanol–water partition coefficient (Wildman–Crippen LogP) is 1.64. The van der Waals surface area contributed by atoms with E-state index < -0.39 is 5.56 Å². The minimum Gasteiger partial charge on any atom is -0.508 e. The molecule has 2 aromatic rings. The third-order valence-electron chi connectivity index (χ3n) is 4.69. The Morgan fingerprint density at radius 2 is 2.04 bits per heavy atom. The molecule has 1 amide bonds. The number of aromatic nitrogens is 1. The molecule has 1 fully saturated rings. The maximum Gasteiger partial charge on any atom is 0.254 e. The zero-order chi connectivity index (χ0) is 18.7. The zero-order valence-corrected chi connectivity index (χ0v) is 14.6. The highest BCUT2D eigenvalue weighted by Gasteiger charge is 2.23. The summed E-state index contributed by atoms with van der Waals surface area (Å²) in [6.07, 6.45) is 0.940. The number of aryl methyl sites for hydroxylation is 1. The van der Waals surface area contributed by atoms with Crippen molar-refractivity contribution in [3.05, 3.63) is 58.3 Å². The van der Waals surface area contributed by atoms with Gasteiger partial charge in [0.25, 0.3) is 5.56 Å². The van der Waals surface area contributed by atoms with E-state index in [1.165, 1.54) is 22.8 Å². The van der Waals surface area contributed by atoms with Crippen molar-refractivity contribution in [1.29, 1.82) is 0 Å². The number of halogens is 1. The Balaban J connectivity index is 1.51. The van der Waals surface area contributed by atoms with E-state index in [1.54, 1.807) is 19.1 Å². The molecule has 1 saturated heterocycles. The lowest BCUT2D eigenvalue weighted by molar-refractivity contribution is -0.121. The van der Waals surface area contributed by atoms with Gasteiger partial charge in [0.2, 0.25) is 5.91 Å². The fourth-order valence-electron chi connectivity index (χ4n) is 3.26. The second-order valence-electron chi connectivity index (χ2n) is 6.66. The van der Waals surface area contributed by atoms with Crippen LogP contribution in [-0.2, 0) is 11.3 Å². The molecule has 1 unspecified atom stereocenters. The molecular formula is C19H22FN3O3. The summed E-state index contributed by atoms with van der Waals surface area (Å²) in [6, 6.07) is 8.96. The van der Waals surface area contributed by atoms with Gasteiger partial charge in [-0.3, -0.25) is 9.59 Å². The molecule has 2 N–H and O–H groups in total. The van der Waals surface area contributed by atoms with Crippen LogP contribution in [0.25, 0.3) is 0 Å². The number of benzene rings is 1. The summed E-state index contributed by atoms with van der Waals surface area (Å²) in [5.74, 6) is -0.282. The number of hydrogen-bond donors (Lipinski definition) is 2. The van der Waals surface area contributed by atoms with Crippen molar-refractivity contribution in [2.75, 3.05) is 24.5 Å². The highest BCUT2D eigenvalue weighted by molar-refractivity contribution is 5.75. The molecule has 0 bridgehead atoms. The van der Waals surface area contributed by atoms with Gasteiger partial charge in [-0.25, -0.2) is 4.39 Å². The van der Waals surface area contributed by atoms with Gasteiger partial charge in [-0.1, -0.05) is 0 Å². The first-order valence-electron chi connectivity index (χ1n) is 8.60. The van der Waals surface area contributed by atoms with Crippen LogP contribution in [0.4, 0.5) is 10.1 Å². The van der Waals surface area contributed by atoms with Gasteiger partial charge < -0.3 is 19.9 Å². The van der Waals surface area contributed by atoms with Crippen molar-refractivity contribution in [2.24, 2.45) is 5.92 Å². The third-order valence-corrected chi connectivity index (χ3v) is 4.69. The second-order valence-corrected chi connectivity index (χ2v) is 6.66. The number of carbonyl (C=O) groups is 1. The quantitative estimate of drug-likeness (QED) is 0.851. The van der Waals surface area contributed by atoms with Crippen LogP contribution >= 0.6 is 0 Å². The van der Waals surface area contributed by atoms with Crippen LogP contribution in [0, 0.1) is 18.7 Å². The first-order chi connectivity index (χ1) is 12.4. The maximum atomic E-state index is 13.0. The minimum atomic E-state index is -0.402. The Morgan fingerprint density at radius 1 is 1.31 bits per heavy atom. The number of nitrogens with one attached hydrogen (secondary N) is 1. The number of anilines is 1. The maximum absolute atomic E-state index is 13.0. The van der Waals surface area contributed by atoms with E-state index in [-0.39, 0.29) is 24.0 Å². The molecule has 1 aromatic carbocycles. The molecule has 26 heavy (non-hydrogen) atoms. The normalized spacial score (nSPS) is 16.7. The molecular weight excluding hydrogens is 337 g/mol. The highest BCUT2D eigenvalue weighted by atomic mass is 19.1. The fraction of sp³-hybridized carbons (Fsp3) is 0.368. The third kappa shape index (κ3) is 4.22. The molecule has 3 rings (SSSR count). The molecule has 6 nitrogen and oxygen atoms in total. The Kier molecular flexibility index (Phi) is 5.25. The zero-order valence-electron chi connectivity index (χ0n) is 14.6. The number of pyridine rings is 1. The van der Waals surface area contributed by atoms with Gasteiger partial charge in [-0.15, -0.1) is 0 Å². The Hall–Kier alpha value is -2.83. The van der Waals surface area contributed by atoms with Gasteiger partial charge in [-0.2, -0.15) is 0 Å². The Morgan fingerprint density at radius 3 is 2.73 bits per heavy atom. The highest BCUT2D eigenvalue weighted by Crippen LogP contribution is 2.23. The SMILES string of the molecule is Cc1cc(O)cc(=O)n1CC(=O)NCC1CCN(c2ccc(F)cc2)C1. The summed E-state index contributed by atoms with van der Waals surface area (Å²) >= 11 is 0. The first kappa shape index (κ1) is 18.0. The second kappa shape index (κ2) is 7.59. The summed E-state index contributed by atoms with van der Waals surface area (Å²) < 4.78 is 14.3. The minimum absolute atomic E-state index is 0.0701. The van der Waals surface area contributed by atoms with E-state index in [0.29, 0.717) is 18.2 Å². The lowest BCUT2D eigenvalue weighted by Gasteiger charge is -2.19. The summed E-state index contributed by atoms with van der Waals surface area (Å²) in [5.41, 5.74) is 1.11. The van der Waals surface area contributed by atoms with Gasteiger partial charge in [0, 0.05) is 37.1 Å². The fourth-order valence-corrected chi connectivity index (χ4v) is 3.26. The predicted molar refractivity (Wildman–Crippen MR) is 96.8 cm³/mol. The van der Waals surface area contributed by atoms with Crippen molar-refractivity contribution in [1.82, 2.24) is 9.88 Å². The largest absolute Gasteiger partial charge is 0.508 e. The summed E-state index contributed by atoms with van der Waals surface area (Å²) in [7, 11) is 0. The van der Waals surface area contributed by atoms with E-state index in [2.05, 4.69) is 10.2 Å². The van der Waals surface area contributed by atoms with E-state index in [0.717, 1.165) is 31.3 Å². The number of nitrogens with zero attached hydrogens (tertiary/aromatic N) is 2. The molecule has 1 aromatic heterocycles. The molecule has 7 heteroatoms. The molecule has 0 aliphatic carbocycles. The molecule has 0 spiro atoms. The molecule has 1 atom stereocenters. The van der Waals surface area contributed by atoms with Gasteiger partial charge in [0.1, 0.15) is 18.1 Å². The monoisotopic (exact) mass is 359 g/mol. The lowest BCUT2D eigenvalue weighted by atomic mass is 10.1. The average Bonchev–Trinajstić information content (AvgIpc) is 3.06. The van der Waals surface area contributed by atoms with Crippen LogP contribution in [-0.4, -0.2) is 35.2 Å². The van der Waals surface area contributed by atoms with E-state index in [4.69, 9.17) is 0 Å². The number of aromatic hydroxyl groups is 1. The van der Waals surface area contributed by atoms with E-state index in [1.807, 2.05) is 0 Å². The van der Waals surface area contributed by atoms with Crippen molar-refractivity contribution in [3.63, 3.8) is 0 Å². The van der Waals surface area contributed by atoms with Crippen LogP contribution in [0.1, 0.15) is 12.1 Å². The summed E-state index contributed by atoms with van der Waals surface area (Å²) in [4.78, 5) is 26.2. The molecule has 0 saturated carbocycles. The number of amides is 1. The van der Waals surface area contributed by atoms with Gasteiger partial charge >= 0.3 is 0 Å². The van der Waals surface area contributed by atoms with Crippen LogP contribution in [0.15, 0.2) is 41.2 Å². The summed E-state index contributed by atoms with van der Waals surface area (Å²) in [5, 5.41) is 12.3. The molecule has 1 aliphatic heterocycles. The lowest BCUT2D eigenvalue weighted by Crippen LogP contribution is -2.36. The smallest absolute Gasteiger partial charge is 0.254 e. The van der Waals surface area contributed by atoms with Crippen molar-refractivity contribution in [3.8, 4) is 5.75 Å². The molecule has 0 radical (unpaired) electrons. The van der Waals surface area contributed by atoms with Crippen LogP contribution in [0.2, 0.25) is 0 Å². The van der Waals surface area contributed by atoms with E-state index >= 15 is 0 Å². The number of carbonyl (C=O) groups excluding carboxylic acids is 1. The van der Waals surface area contributed by atoms with Crippen molar-refractivity contribution in [2.45, 2.75) is 19.9 Å². The van der Waals surface area contributed by atoms with Crippen LogP contribution < -0.4 is 15.8 Å². The van der Waals surface area contributed by atoms with Crippen LogP contribution in [0.3, 0.4) is 0 Å². The number of rotatable bonds is 5. The van der Waals surface area contributed by atoms with Crippen LogP contribution in [0.5, 0.6) is 5.75 Å². The molecule has 1 aliphatic rings. The standard InChI is InChI=1S/C19H22FN3O3/c1-13-8-17(24)9-19(26)23(13)12-18(25)21-10-14-6-7-22(11-14)16-4-2-15(20)3-5-16/h2-5,8-9,14,24H,6-7,10-12H2,1H3,(H,21,25). The van der Waals surface area contributed by atoms with Gasteiger partial charge in [0.05, 0.1) is 0 Å². The topological polar surface area (TPSA) is 74.6 Å². The van der Waals surface area contributed by atoms with Gasteiger partial charge in [-0.05, 0) is 49.6 Å². The molecule has 2 heterocycles. The Bertz CT molecular complexity index is 848. The van der Waals surface area contributed by atoms with Crippen molar-refractivity contribution >= 4 is 11.6 Å². The summed E-state index contributed by atoms with van der Waals surface area (Å²) in [6.45, 7) is 3.79. The first-order valence-corrected chi connectivity index (χ1v) is 8.60. The van der Waals surface area contributed by atoms with Crippen molar-refractivity contribution < 1.29 is 14.3 Å². The molecule has 138 valence electrons. The average molecular weight is 359 g/mol. The van der Waals surface area contributed by atoms with Gasteiger partial charge in [0.15, 0.2) is 0 Å². The Labute approximate surface area is 150 Å². The van der Waals surface area contributed by atoms with E-state index in [9.17, 15) is 19.1 Å². The number of hydrogen-bond acceptors (Lipinski definition) is 4.